The van der Waals surface area contributed by atoms with Gasteiger partial charge in [-0.05, 0) is 31.9 Å². The summed E-state index contributed by atoms with van der Waals surface area (Å²) in [7, 11) is 1.81. The van der Waals surface area contributed by atoms with E-state index in [2.05, 4.69) is 26.2 Å². The lowest BCUT2D eigenvalue weighted by Gasteiger charge is -2.24. The second-order valence-electron chi connectivity index (χ2n) is 7.49. The molecule has 9 heteroatoms. The van der Waals surface area contributed by atoms with Crippen LogP contribution >= 0.6 is 0 Å². The Bertz CT molecular complexity index is 1260. The first-order valence-corrected chi connectivity index (χ1v) is 10.5. The lowest BCUT2D eigenvalue weighted by atomic mass is 10.1. The maximum Gasteiger partial charge on any atom is 0.343 e. The third-order valence-corrected chi connectivity index (χ3v) is 5.62. The summed E-state index contributed by atoms with van der Waals surface area (Å²) in [5.74, 6) is 0.286. The molecule has 1 fully saturated rings. The molecular formula is C22H24N6O3. The van der Waals surface area contributed by atoms with Crippen LogP contribution < -0.4 is 5.32 Å². The van der Waals surface area contributed by atoms with E-state index < -0.39 is 5.97 Å². The molecule has 4 aromatic heterocycles. The lowest BCUT2D eigenvalue weighted by Crippen LogP contribution is -2.20. The number of fused-ring (bicyclic) bond motifs is 2. The van der Waals surface area contributed by atoms with E-state index in [1.54, 1.807) is 17.6 Å². The van der Waals surface area contributed by atoms with E-state index >= 15 is 0 Å². The van der Waals surface area contributed by atoms with Crippen molar-refractivity contribution in [2.45, 2.75) is 25.8 Å². The average molecular weight is 420 g/mol. The van der Waals surface area contributed by atoms with Gasteiger partial charge in [0.2, 0.25) is 0 Å². The molecule has 1 aliphatic rings. The van der Waals surface area contributed by atoms with Gasteiger partial charge >= 0.3 is 5.97 Å². The maximum absolute atomic E-state index is 12.4. The second kappa shape index (κ2) is 7.99. The molecule has 9 nitrogen and oxygen atoms in total. The van der Waals surface area contributed by atoms with Gasteiger partial charge < -0.3 is 19.4 Å². The Balaban J connectivity index is 1.70. The van der Waals surface area contributed by atoms with E-state index in [-0.39, 0.29) is 12.6 Å². The quantitative estimate of drug-likeness (QED) is 0.495. The Morgan fingerprint density at radius 2 is 2.29 bits per heavy atom. The van der Waals surface area contributed by atoms with Gasteiger partial charge in [-0.15, -0.1) is 0 Å². The van der Waals surface area contributed by atoms with Crippen molar-refractivity contribution in [1.29, 1.82) is 0 Å². The van der Waals surface area contributed by atoms with Crippen molar-refractivity contribution >= 4 is 28.5 Å². The van der Waals surface area contributed by atoms with Gasteiger partial charge in [-0.1, -0.05) is 0 Å². The summed E-state index contributed by atoms with van der Waals surface area (Å²) >= 11 is 0. The Morgan fingerprint density at radius 1 is 1.39 bits per heavy atom. The minimum atomic E-state index is -0.437. The Morgan fingerprint density at radius 3 is 3.06 bits per heavy atom. The second-order valence-corrected chi connectivity index (χ2v) is 7.49. The average Bonchev–Trinajstić information content (AvgIpc) is 3.41. The minimum Gasteiger partial charge on any atom is -0.462 e. The van der Waals surface area contributed by atoms with E-state index in [0.29, 0.717) is 17.8 Å². The molecule has 31 heavy (non-hydrogen) atoms. The van der Waals surface area contributed by atoms with Crippen LogP contribution in [0.4, 0.5) is 5.82 Å². The van der Waals surface area contributed by atoms with E-state index in [1.807, 2.05) is 25.2 Å². The fraction of sp³-hybridized carbons (Fsp3) is 0.364. The summed E-state index contributed by atoms with van der Waals surface area (Å²) in [4.78, 5) is 21.9. The predicted molar refractivity (Wildman–Crippen MR) is 116 cm³/mol. The summed E-state index contributed by atoms with van der Waals surface area (Å²) < 4.78 is 14.7. The minimum absolute atomic E-state index is 0.234. The summed E-state index contributed by atoms with van der Waals surface area (Å²) in [6, 6.07) is 6.13. The van der Waals surface area contributed by atoms with Gasteiger partial charge in [-0.2, -0.15) is 9.61 Å². The number of rotatable bonds is 5. The van der Waals surface area contributed by atoms with Gasteiger partial charge in [0.05, 0.1) is 31.1 Å². The molecule has 0 radical (unpaired) electrons. The first kappa shape index (κ1) is 19.5. The van der Waals surface area contributed by atoms with Gasteiger partial charge in [0.25, 0.3) is 0 Å². The third-order valence-electron chi connectivity index (χ3n) is 5.62. The molecule has 5 heterocycles. The third kappa shape index (κ3) is 3.31. The molecule has 0 amide bonds. The Kier molecular flexibility index (Phi) is 5.03. The summed E-state index contributed by atoms with van der Waals surface area (Å²) in [5.41, 5.74) is 3.37. The normalized spacial score (nSPS) is 16.6. The molecule has 4 aromatic rings. The van der Waals surface area contributed by atoms with Crippen molar-refractivity contribution in [3.05, 3.63) is 42.4 Å². The molecule has 0 bridgehead atoms. The first-order valence-electron chi connectivity index (χ1n) is 10.5. The highest BCUT2D eigenvalue weighted by Crippen LogP contribution is 2.34. The Hall–Kier alpha value is -3.46. The van der Waals surface area contributed by atoms with Crippen molar-refractivity contribution in [2.24, 2.45) is 0 Å². The van der Waals surface area contributed by atoms with Crippen molar-refractivity contribution < 1.29 is 14.3 Å². The van der Waals surface area contributed by atoms with E-state index in [9.17, 15) is 4.79 Å². The molecule has 1 N–H and O–H groups in total. The van der Waals surface area contributed by atoms with Gasteiger partial charge in [0.15, 0.2) is 5.65 Å². The van der Waals surface area contributed by atoms with Crippen LogP contribution in [0.15, 0.2) is 36.8 Å². The van der Waals surface area contributed by atoms with Crippen molar-refractivity contribution in [2.75, 3.05) is 32.2 Å². The zero-order valence-electron chi connectivity index (χ0n) is 17.5. The fourth-order valence-corrected chi connectivity index (χ4v) is 4.14. The SMILES string of the molecule is CCOC(=O)c1cnn2c(NC)cc(-c3cn([C@H]4CCCOC4)c4ncccc34)nc12. The van der Waals surface area contributed by atoms with Gasteiger partial charge in [-0.3, -0.25) is 0 Å². The number of pyridine rings is 1. The first-order chi connectivity index (χ1) is 15.2. The van der Waals surface area contributed by atoms with Crippen molar-refractivity contribution in [3.8, 4) is 11.3 Å². The van der Waals surface area contributed by atoms with Crippen LogP contribution in [-0.2, 0) is 9.47 Å². The van der Waals surface area contributed by atoms with E-state index in [0.717, 1.165) is 47.6 Å². The maximum atomic E-state index is 12.4. The van der Waals surface area contributed by atoms with Crippen molar-refractivity contribution in [1.82, 2.24) is 24.1 Å². The van der Waals surface area contributed by atoms with E-state index in [4.69, 9.17) is 14.5 Å². The molecule has 160 valence electrons. The van der Waals surface area contributed by atoms with Crippen LogP contribution in [0.2, 0.25) is 0 Å². The number of anilines is 1. The molecule has 5 rings (SSSR count). The molecule has 0 saturated carbocycles. The van der Waals surface area contributed by atoms with Crippen LogP contribution in [0.3, 0.4) is 0 Å². The van der Waals surface area contributed by atoms with Crippen LogP contribution in [0.25, 0.3) is 27.9 Å². The standard InChI is InChI=1S/C22H24N6O3/c1-3-31-22(29)16-11-25-28-19(23-2)10-18(26-21(16)28)17-12-27(14-6-5-9-30-13-14)20-15(17)7-4-8-24-20/h4,7-8,10-12,14,23H,3,5-6,9,13H2,1-2H3/t14-/m0/s1. The monoisotopic (exact) mass is 420 g/mol. The van der Waals surface area contributed by atoms with Crippen LogP contribution in [0.5, 0.6) is 0 Å². The number of hydrogen-bond acceptors (Lipinski definition) is 7. The topological polar surface area (TPSA) is 95.6 Å². The molecule has 0 spiro atoms. The van der Waals surface area contributed by atoms with Crippen molar-refractivity contribution in [3.63, 3.8) is 0 Å². The Labute approximate surface area is 179 Å². The van der Waals surface area contributed by atoms with Gasteiger partial charge in [0, 0.05) is 43.1 Å². The van der Waals surface area contributed by atoms with Crippen LogP contribution in [-0.4, -0.2) is 57.0 Å². The molecule has 0 aliphatic carbocycles. The molecule has 0 aromatic carbocycles. The summed E-state index contributed by atoms with van der Waals surface area (Å²) in [5, 5.41) is 8.48. The number of esters is 1. The number of aromatic nitrogens is 5. The molecule has 1 atom stereocenters. The fourth-order valence-electron chi connectivity index (χ4n) is 4.14. The lowest BCUT2D eigenvalue weighted by molar-refractivity contribution is 0.0528. The number of carbonyl (C=O) groups is 1. The van der Waals surface area contributed by atoms with E-state index in [1.165, 1.54) is 6.20 Å². The number of ether oxygens (including phenoxy) is 2. The highest BCUT2D eigenvalue weighted by Gasteiger charge is 2.23. The van der Waals surface area contributed by atoms with Crippen LogP contribution in [0, 0.1) is 0 Å². The highest BCUT2D eigenvalue weighted by molar-refractivity contribution is 5.98. The molecular weight excluding hydrogens is 396 g/mol. The zero-order chi connectivity index (χ0) is 21.4. The van der Waals surface area contributed by atoms with Gasteiger partial charge in [-0.25, -0.2) is 14.8 Å². The summed E-state index contributed by atoms with van der Waals surface area (Å²) in [6.45, 7) is 3.54. The van der Waals surface area contributed by atoms with Crippen LogP contribution in [0.1, 0.15) is 36.2 Å². The molecule has 1 saturated heterocycles. The number of nitrogens with zero attached hydrogens (tertiary/aromatic N) is 5. The number of carbonyl (C=O) groups excluding carboxylic acids is 1. The molecule has 0 unspecified atom stereocenters. The largest absolute Gasteiger partial charge is 0.462 e. The van der Waals surface area contributed by atoms with Gasteiger partial charge in [0.1, 0.15) is 17.0 Å². The summed E-state index contributed by atoms with van der Waals surface area (Å²) in [6.07, 6.45) is 7.46. The number of nitrogens with one attached hydrogen (secondary N) is 1. The molecule has 1 aliphatic heterocycles. The smallest absolute Gasteiger partial charge is 0.343 e. The number of hydrogen-bond donors (Lipinski definition) is 1. The highest BCUT2D eigenvalue weighted by atomic mass is 16.5. The predicted octanol–water partition coefficient (Wildman–Crippen LogP) is 3.32. The zero-order valence-corrected chi connectivity index (χ0v) is 17.5.